The smallest absolute Gasteiger partial charge is 0.271 e. The van der Waals surface area contributed by atoms with Crippen LogP contribution in [0, 0.1) is 6.92 Å². The molecular weight excluding hydrogens is 404 g/mol. The number of aromatic nitrogens is 2. The van der Waals surface area contributed by atoms with E-state index in [4.69, 9.17) is 9.47 Å². The van der Waals surface area contributed by atoms with E-state index in [1.807, 2.05) is 43.3 Å². The number of hydrogen-bond acceptors (Lipinski definition) is 6. The lowest BCUT2D eigenvalue weighted by Crippen LogP contribution is -2.17. The van der Waals surface area contributed by atoms with E-state index in [-0.39, 0.29) is 12.5 Å². The summed E-state index contributed by atoms with van der Waals surface area (Å²) in [5.74, 6) is 0.850. The highest BCUT2D eigenvalue weighted by Gasteiger charge is 2.10. The van der Waals surface area contributed by atoms with E-state index in [0.29, 0.717) is 17.1 Å². The van der Waals surface area contributed by atoms with Gasteiger partial charge in [-0.05, 0) is 55.0 Å². The molecule has 1 heterocycles. The van der Waals surface area contributed by atoms with Crippen LogP contribution < -0.4 is 14.9 Å². The monoisotopic (exact) mass is 426 g/mol. The Kier molecular flexibility index (Phi) is 6.36. The molecule has 0 aliphatic carbocycles. The molecule has 4 aromatic rings. The number of carbonyl (C=O) groups is 1. The minimum atomic E-state index is -0.277. The van der Waals surface area contributed by atoms with Gasteiger partial charge >= 0.3 is 0 Å². The van der Waals surface area contributed by atoms with Crippen LogP contribution in [0.2, 0.25) is 0 Å². The predicted molar refractivity (Wildman–Crippen MR) is 123 cm³/mol. The SMILES string of the molecule is COc1cc(/C=N/NC(=O)c2ccccc2)ccc1OCc1nc2ccccc2nc1C. The summed E-state index contributed by atoms with van der Waals surface area (Å²) in [7, 11) is 1.57. The van der Waals surface area contributed by atoms with Gasteiger partial charge in [-0.3, -0.25) is 4.79 Å². The van der Waals surface area contributed by atoms with Gasteiger partial charge in [-0.15, -0.1) is 0 Å². The molecule has 0 saturated carbocycles. The maximum Gasteiger partial charge on any atom is 0.271 e. The van der Waals surface area contributed by atoms with E-state index in [1.54, 1.807) is 49.7 Å². The Morgan fingerprint density at radius 2 is 1.69 bits per heavy atom. The predicted octanol–water partition coefficient (Wildman–Crippen LogP) is 4.29. The number of nitrogens with zero attached hydrogens (tertiary/aromatic N) is 3. The summed E-state index contributed by atoms with van der Waals surface area (Å²) in [6, 6.07) is 22.0. The molecule has 0 fully saturated rings. The van der Waals surface area contributed by atoms with Gasteiger partial charge in [0.05, 0.1) is 35.7 Å². The van der Waals surface area contributed by atoms with Crippen LogP contribution in [0.1, 0.15) is 27.3 Å². The summed E-state index contributed by atoms with van der Waals surface area (Å²) < 4.78 is 11.4. The van der Waals surface area contributed by atoms with Gasteiger partial charge in [0.1, 0.15) is 6.61 Å². The fourth-order valence-electron chi connectivity index (χ4n) is 3.11. The second-order valence-electron chi connectivity index (χ2n) is 7.01. The van der Waals surface area contributed by atoms with Crippen LogP contribution in [0.3, 0.4) is 0 Å². The summed E-state index contributed by atoms with van der Waals surface area (Å²) in [5, 5.41) is 4.02. The minimum absolute atomic E-state index is 0.264. The third-order valence-electron chi connectivity index (χ3n) is 4.81. The first-order chi connectivity index (χ1) is 15.6. The number of hydrogen-bond donors (Lipinski definition) is 1. The van der Waals surface area contributed by atoms with Crippen molar-refractivity contribution in [2.24, 2.45) is 5.10 Å². The number of benzene rings is 3. The Balaban J connectivity index is 1.43. The van der Waals surface area contributed by atoms with Crippen LogP contribution >= 0.6 is 0 Å². The fourth-order valence-corrected chi connectivity index (χ4v) is 3.11. The third-order valence-corrected chi connectivity index (χ3v) is 4.81. The summed E-state index contributed by atoms with van der Waals surface area (Å²) in [5.41, 5.74) is 7.07. The number of aryl methyl sites for hydroxylation is 1. The van der Waals surface area contributed by atoms with Crippen LogP contribution in [-0.2, 0) is 6.61 Å². The molecule has 32 heavy (non-hydrogen) atoms. The molecule has 0 aliphatic rings. The molecular formula is C25H22N4O3. The van der Waals surface area contributed by atoms with Crippen molar-refractivity contribution in [3.63, 3.8) is 0 Å². The third kappa shape index (κ3) is 4.89. The molecule has 0 saturated heterocycles. The molecule has 4 rings (SSSR count). The second kappa shape index (κ2) is 9.70. The molecule has 1 N–H and O–H groups in total. The Labute approximate surface area is 185 Å². The van der Waals surface area contributed by atoms with Crippen molar-refractivity contribution in [2.45, 2.75) is 13.5 Å². The number of amides is 1. The van der Waals surface area contributed by atoms with Gasteiger partial charge in [0.25, 0.3) is 5.91 Å². The van der Waals surface area contributed by atoms with Crippen molar-refractivity contribution in [3.8, 4) is 11.5 Å². The lowest BCUT2D eigenvalue weighted by molar-refractivity contribution is 0.0955. The second-order valence-corrected chi connectivity index (χ2v) is 7.01. The first-order valence-corrected chi connectivity index (χ1v) is 10.1. The molecule has 7 heteroatoms. The highest BCUT2D eigenvalue weighted by atomic mass is 16.5. The average molecular weight is 426 g/mol. The quantitative estimate of drug-likeness (QED) is 0.352. The number of fused-ring (bicyclic) bond motifs is 1. The molecule has 1 amide bonds. The van der Waals surface area contributed by atoms with Gasteiger partial charge in [0.15, 0.2) is 11.5 Å². The molecule has 0 unspecified atom stereocenters. The number of nitrogens with one attached hydrogen (secondary N) is 1. The van der Waals surface area contributed by atoms with Gasteiger partial charge in [-0.2, -0.15) is 5.10 Å². The Morgan fingerprint density at radius 1 is 0.969 bits per heavy atom. The molecule has 1 aromatic heterocycles. The minimum Gasteiger partial charge on any atom is -0.493 e. The number of carbonyl (C=O) groups excluding carboxylic acids is 1. The first-order valence-electron chi connectivity index (χ1n) is 10.1. The Bertz CT molecular complexity index is 1270. The molecule has 0 aliphatic heterocycles. The molecule has 0 bridgehead atoms. The summed E-state index contributed by atoms with van der Waals surface area (Å²) in [6.45, 7) is 2.18. The Hall–Kier alpha value is -4.26. The van der Waals surface area contributed by atoms with Crippen LogP contribution in [0.4, 0.5) is 0 Å². The van der Waals surface area contributed by atoms with Crippen molar-refractivity contribution < 1.29 is 14.3 Å². The first kappa shape index (κ1) is 21.0. The topological polar surface area (TPSA) is 85.7 Å². The van der Waals surface area contributed by atoms with E-state index in [0.717, 1.165) is 28.0 Å². The lowest BCUT2D eigenvalue weighted by atomic mass is 10.2. The standard InChI is InChI=1S/C25H22N4O3/c1-17-22(28-21-11-7-6-10-20(21)27-17)16-32-23-13-12-18(14-24(23)31-2)15-26-29-25(30)19-8-4-3-5-9-19/h3-15H,16H2,1-2H3,(H,29,30)/b26-15+. The van der Waals surface area contributed by atoms with Crippen molar-refractivity contribution in [1.82, 2.24) is 15.4 Å². The van der Waals surface area contributed by atoms with Crippen LogP contribution in [0.25, 0.3) is 11.0 Å². The van der Waals surface area contributed by atoms with Crippen molar-refractivity contribution in [2.75, 3.05) is 7.11 Å². The van der Waals surface area contributed by atoms with E-state index in [2.05, 4.69) is 20.5 Å². The molecule has 7 nitrogen and oxygen atoms in total. The number of para-hydroxylation sites is 2. The number of ether oxygens (including phenoxy) is 2. The molecule has 0 spiro atoms. The number of methoxy groups -OCH3 is 1. The lowest BCUT2D eigenvalue weighted by Gasteiger charge is -2.12. The van der Waals surface area contributed by atoms with E-state index in [1.165, 1.54) is 0 Å². The van der Waals surface area contributed by atoms with Gasteiger partial charge in [-0.1, -0.05) is 30.3 Å². The zero-order valence-electron chi connectivity index (χ0n) is 17.8. The van der Waals surface area contributed by atoms with Crippen LogP contribution in [-0.4, -0.2) is 29.2 Å². The summed E-state index contributed by atoms with van der Waals surface area (Å²) in [6.07, 6.45) is 1.55. The number of hydrazone groups is 1. The Morgan fingerprint density at radius 3 is 2.44 bits per heavy atom. The zero-order chi connectivity index (χ0) is 22.3. The van der Waals surface area contributed by atoms with Gasteiger partial charge in [0.2, 0.25) is 0 Å². The van der Waals surface area contributed by atoms with Crippen molar-refractivity contribution in [1.29, 1.82) is 0 Å². The van der Waals surface area contributed by atoms with E-state index >= 15 is 0 Å². The summed E-state index contributed by atoms with van der Waals surface area (Å²) >= 11 is 0. The van der Waals surface area contributed by atoms with Crippen molar-refractivity contribution in [3.05, 3.63) is 95.3 Å². The highest BCUT2D eigenvalue weighted by molar-refractivity contribution is 5.94. The molecule has 0 radical (unpaired) electrons. The normalized spacial score (nSPS) is 10.9. The van der Waals surface area contributed by atoms with Crippen molar-refractivity contribution >= 4 is 23.2 Å². The van der Waals surface area contributed by atoms with Crippen LogP contribution in [0.5, 0.6) is 11.5 Å². The largest absolute Gasteiger partial charge is 0.493 e. The van der Waals surface area contributed by atoms with E-state index in [9.17, 15) is 4.79 Å². The molecule has 0 atom stereocenters. The maximum absolute atomic E-state index is 12.1. The fraction of sp³-hybridized carbons (Fsp3) is 0.120. The summed E-state index contributed by atoms with van der Waals surface area (Å²) in [4.78, 5) is 21.3. The average Bonchev–Trinajstić information content (AvgIpc) is 2.83. The molecule has 3 aromatic carbocycles. The van der Waals surface area contributed by atoms with Gasteiger partial charge in [0, 0.05) is 5.56 Å². The maximum atomic E-state index is 12.1. The van der Waals surface area contributed by atoms with Crippen LogP contribution in [0.15, 0.2) is 77.9 Å². The van der Waals surface area contributed by atoms with Gasteiger partial charge < -0.3 is 9.47 Å². The van der Waals surface area contributed by atoms with Gasteiger partial charge in [-0.25, -0.2) is 15.4 Å². The number of rotatable bonds is 7. The zero-order valence-corrected chi connectivity index (χ0v) is 17.8. The highest BCUT2D eigenvalue weighted by Crippen LogP contribution is 2.28. The molecule has 160 valence electrons. The van der Waals surface area contributed by atoms with E-state index < -0.39 is 0 Å².